The SMILES string of the molecule is CC1(C)c2ccccc2-c2ccc(N(c3ccc(-c4ccc5c6ccccc6c6ccccc6c5c4)cc3)c3ccc4ccccc4c3)cc21. The highest BCUT2D eigenvalue weighted by Gasteiger charge is 2.35. The van der Waals surface area contributed by atoms with Gasteiger partial charge < -0.3 is 4.90 Å². The molecule has 0 fully saturated rings. The van der Waals surface area contributed by atoms with Gasteiger partial charge in [-0.1, -0.05) is 147 Å². The van der Waals surface area contributed by atoms with E-state index in [0.717, 1.165) is 17.1 Å². The summed E-state index contributed by atoms with van der Waals surface area (Å²) >= 11 is 0. The van der Waals surface area contributed by atoms with Crippen LogP contribution in [0.4, 0.5) is 17.1 Å². The van der Waals surface area contributed by atoms with Crippen molar-refractivity contribution in [3.63, 3.8) is 0 Å². The van der Waals surface area contributed by atoms with E-state index in [-0.39, 0.29) is 5.41 Å². The summed E-state index contributed by atoms with van der Waals surface area (Å²) in [4.78, 5) is 2.41. The van der Waals surface area contributed by atoms with Crippen LogP contribution in [0.1, 0.15) is 25.0 Å². The van der Waals surface area contributed by atoms with E-state index in [9.17, 15) is 0 Å². The number of hydrogen-bond donors (Lipinski definition) is 0. The standard InChI is InChI=1S/C49H35N/c1-49(2)47-18-10-9-17-44(47)45-28-26-38(31-48(45)49)50(37-25-21-32-11-3-4-12-34(32)29-37)36-23-19-33(20-24-36)35-22-27-43-41-15-6-5-13-39(41)40-14-7-8-16-42(40)46(43)30-35/h3-31H,1-2H3. The van der Waals surface area contributed by atoms with Gasteiger partial charge in [-0.2, -0.15) is 0 Å². The molecule has 0 radical (unpaired) electrons. The van der Waals surface area contributed by atoms with Crippen molar-refractivity contribution in [1.29, 1.82) is 0 Å². The maximum atomic E-state index is 2.41. The normalized spacial score (nSPS) is 13.2. The first-order valence-corrected chi connectivity index (χ1v) is 17.5. The van der Waals surface area contributed by atoms with Crippen LogP contribution in [-0.4, -0.2) is 0 Å². The van der Waals surface area contributed by atoms with Gasteiger partial charge in [0.25, 0.3) is 0 Å². The van der Waals surface area contributed by atoms with Crippen LogP contribution in [-0.2, 0) is 5.41 Å². The molecule has 0 bridgehead atoms. The van der Waals surface area contributed by atoms with Crippen LogP contribution in [0.2, 0.25) is 0 Å². The Morgan fingerprint density at radius 3 is 1.60 bits per heavy atom. The van der Waals surface area contributed by atoms with Gasteiger partial charge in [-0.05, 0) is 119 Å². The number of anilines is 3. The summed E-state index contributed by atoms with van der Waals surface area (Å²) < 4.78 is 0. The summed E-state index contributed by atoms with van der Waals surface area (Å²) in [6, 6.07) is 65.0. The van der Waals surface area contributed by atoms with E-state index >= 15 is 0 Å². The molecule has 9 aromatic rings. The molecule has 0 N–H and O–H groups in total. The fourth-order valence-corrected chi connectivity index (χ4v) is 8.48. The third kappa shape index (κ3) is 4.33. The van der Waals surface area contributed by atoms with Crippen molar-refractivity contribution < 1.29 is 0 Å². The summed E-state index contributed by atoms with van der Waals surface area (Å²) in [5.74, 6) is 0. The average molecular weight is 638 g/mol. The van der Waals surface area contributed by atoms with Gasteiger partial charge in [0.15, 0.2) is 0 Å². The summed E-state index contributed by atoms with van der Waals surface area (Å²) in [6.07, 6.45) is 0. The smallest absolute Gasteiger partial charge is 0.0468 e. The van der Waals surface area contributed by atoms with E-state index in [1.165, 1.54) is 76.5 Å². The summed E-state index contributed by atoms with van der Waals surface area (Å²) in [6.45, 7) is 4.71. The molecule has 0 spiro atoms. The minimum Gasteiger partial charge on any atom is -0.310 e. The highest BCUT2D eigenvalue weighted by atomic mass is 15.1. The van der Waals surface area contributed by atoms with Gasteiger partial charge in [0.05, 0.1) is 0 Å². The average Bonchev–Trinajstić information content (AvgIpc) is 3.40. The molecule has 0 aromatic heterocycles. The fourth-order valence-electron chi connectivity index (χ4n) is 8.48. The van der Waals surface area contributed by atoms with E-state index in [1.807, 2.05) is 0 Å². The Hall–Kier alpha value is -6.18. The van der Waals surface area contributed by atoms with E-state index in [0.29, 0.717) is 0 Å². The van der Waals surface area contributed by atoms with Gasteiger partial charge in [-0.25, -0.2) is 0 Å². The molecule has 1 heteroatoms. The predicted molar refractivity (Wildman–Crippen MR) is 214 cm³/mol. The zero-order valence-corrected chi connectivity index (χ0v) is 28.2. The molecule has 0 aliphatic heterocycles. The Morgan fingerprint density at radius 1 is 0.340 bits per heavy atom. The Kier molecular flexibility index (Phi) is 6.29. The molecule has 0 heterocycles. The van der Waals surface area contributed by atoms with Crippen molar-refractivity contribution in [3.8, 4) is 22.3 Å². The van der Waals surface area contributed by atoms with Gasteiger partial charge in [-0.3, -0.25) is 0 Å². The van der Waals surface area contributed by atoms with Crippen LogP contribution >= 0.6 is 0 Å². The topological polar surface area (TPSA) is 3.24 Å². The minimum absolute atomic E-state index is 0.0770. The first kappa shape index (κ1) is 28.8. The molecule has 9 aromatic carbocycles. The molecular formula is C49H35N. The van der Waals surface area contributed by atoms with E-state index in [2.05, 4.69) is 195 Å². The first-order chi connectivity index (χ1) is 24.5. The lowest BCUT2D eigenvalue weighted by atomic mass is 9.82. The molecule has 1 aliphatic rings. The fraction of sp³-hybridized carbons (Fsp3) is 0.0612. The maximum absolute atomic E-state index is 2.41. The molecule has 1 nitrogen and oxygen atoms in total. The first-order valence-electron chi connectivity index (χ1n) is 17.5. The molecule has 0 atom stereocenters. The molecule has 10 rings (SSSR count). The van der Waals surface area contributed by atoms with Crippen LogP contribution in [0.25, 0.3) is 65.3 Å². The van der Waals surface area contributed by atoms with Crippen molar-refractivity contribution in [3.05, 3.63) is 187 Å². The van der Waals surface area contributed by atoms with Crippen LogP contribution in [0.5, 0.6) is 0 Å². The lowest BCUT2D eigenvalue weighted by Crippen LogP contribution is -2.16. The highest BCUT2D eigenvalue weighted by molar-refractivity contribution is 6.25. The van der Waals surface area contributed by atoms with Crippen LogP contribution < -0.4 is 4.90 Å². The number of hydrogen-bond acceptors (Lipinski definition) is 1. The zero-order chi connectivity index (χ0) is 33.4. The van der Waals surface area contributed by atoms with E-state index < -0.39 is 0 Å². The van der Waals surface area contributed by atoms with Crippen LogP contribution in [0.15, 0.2) is 176 Å². The lowest BCUT2D eigenvalue weighted by Gasteiger charge is -2.28. The van der Waals surface area contributed by atoms with Gasteiger partial charge in [0, 0.05) is 22.5 Å². The quantitative estimate of drug-likeness (QED) is 0.174. The Labute approximate surface area is 292 Å². The third-order valence-corrected chi connectivity index (χ3v) is 11.0. The number of fused-ring (bicyclic) bond motifs is 10. The predicted octanol–water partition coefficient (Wildman–Crippen LogP) is 13.7. The largest absolute Gasteiger partial charge is 0.310 e. The van der Waals surface area contributed by atoms with Crippen molar-refractivity contribution in [2.75, 3.05) is 4.90 Å². The monoisotopic (exact) mass is 637 g/mol. The Balaban J connectivity index is 1.11. The zero-order valence-electron chi connectivity index (χ0n) is 28.2. The van der Waals surface area contributed by atoms with Crippen LogP contribution in [0.3, 0.4) is 0 Å². The number of benzene rings is 9. The highest BCUT2D eigenvalue weighted by Crippen LogP contribution is 2.50. The molecule has 50 heavy (non-hydrogen) atoms. The van der Waals surface area contributed by atoms with Crippen molar-refractivity contribution in [2.45, 2.75) is 19.3 Å². The molecule has 0 saturated heterocycles. The van der Waals surface area contributed by atoms with Gasteiger partial charge >= 0.3 is 0 Å². The van der Waals surface area contributed by atoms with Crippen LogP contribution in [0, 0.1) is 0 Å². The Bertz CT molecular complexity index is 2750. The maximum Gasteiger partial charge on any atom is 0.0468 e. The molecule has 0 amide bonds. The van der Waals surface area contributed by atoms with Crippen molar-refractivity contribution in [2.24, 2.45) is 0 Å². The lowest BCUT2D eigenvalue weighted by molar-refractivity contribution is 0.660. The third-order valence-electron chi connectivity index (χ3n) is 11.0. The second-order valence-corrected chi connectivity index (χ2v) is 14.2. The second-order valence-electron chi connectivity index (χ2n) is 14.2. The summed E-state index contributed by atoms with van der Waals surface area (Å²) in [5.41, 5.74) is 11.2. The number of rotatable bonds is 4. The molecule has 236 valence electrons. The Morgan fingerprint density at radius 2 is 0.860 bits per heavy atom. The van der Waals surface area contributed by atoms with Gasteiger partial charge in [0.1, 0.15) is 0 Å². The van der Waals surface area contributed by atoms with E-state index in [4.69, 9.17) is 0 Å². The van der Waals surface area contributed by atoms with E-state index in [1.54, 1.807) is 0 Å². The van der Waals surface area contributed by atoms with Gasteiger partial charge in [0.2, 0.25) is 0 Å². The van der Waals surface area contributed by atoms with Crippen molar-refractivity contribution in [1.82, 2.24) is 0 Å². The van der Waals surface area contributed by atoms with Crippen molar-refractivity contribution >= 4 is 60.2 Å². The molecule has 0 unspecified atom stereocenters. The summed E-state index contributed by atoms with van der Waals surface area (Å²) in [5, 5.41) is 10.3. The molecule has 1 aliphatic carbocycles. The second kappa shape index (κ2) is 10.9. The number of nitrogens with zero attached hydrogens (tertiary/aromatic N) is 1. The minimum atomic E-state index is -0.0770. The van der Waals surface area contributed by atoms with Gasteiger partial charge in [-0.15, -0.1) is 0 Å². The molecular weight excluding hydrogens is 603 g/mol. The molecule has 0 saturated carbocycles. The summed E-state index contributed by atoms with van der Waals surface area (Å²) in [7, 11) is 0.